The Morgan fingerprint density at radius 1 is 1.11 bits per heavy atom. The summed E-state index contributed by atoms with van der Waals surface area (Å²) in [4.78, 5) is 18.4. The Bertz CT molecular complexity index is 1110. The lowest BCUT2D eigenvalue weighted by Crippen LogP contribution is -2.34. The molecule has 5 heteroatoms. The average Bonchev–Trinajstić information content (AvgIpc) is 3.09. The summed E-state index contributed by atoms with van der Waals surface area (Å²) >= 11 is 0. The number of benzene rings is 2. The number of aromatic amines is 1. The average molecular weight is 374 g/mol. The van der Waals surface area contributed by atoms with Gasteiger partial charge in [0.1, 0.15) is 0 Å². The van der Waals surface area contributed by atoms with Crippen molar-refractivity contribution in [3.8, 4) is 11.5 Å². The van der Waals surface area contributed by atoms with Gasteiger partial charge in [0.2, 0.25) is 0 Å². The van der Waals surface area contributed by atoms with Gasteiger partial charge in [-0.2, -0.15) is 0 Å². The van der Waals surface area contributed by atoms with E-state index in [4.69, 9.17) is 4.74 Å². The standard InChI is InChI=1S/C23H22N2O3/c1-25-13-17(9-15-7-8-22(28-2)21(26)10-15)23(27)18(14-25)11-16-12-24-20-6-4-3-5-19(16)20/h3-12,24,26H,13-14H2,1-2H3/b17-9+,18-11+. The first-order valence-corrected chi connectivity index (χ1v) is 9.12. The Morgan fingerprint density at radius 3 is 2.61 bits per heavy atom. The van der Waals surface area contributed by atoms with E-state index in [9.17, 15) is 9.90 Å². The maximum atomic E-state index is 13.1. The molecule has 142 valence electrons. The number of likely N-dealkylation sites (tertiary alicyclic amines) is 1. The molecule has 1 aromatic heterocycles. The van der Waals surface area contributed by atoms with Gasteiger partial charge in [-0.3, -0.25) is 9.69 Å². The van der Waals surface area contributed by atoms with E-state index in [1.54, 1.807) is 12.1 Å². The monoisotopic (exact) mass is 374 g/mol. The molecule has 28 heavy (non-hydrogen) atoms. The molecule has 0 unspecified atom stereocenters. The summed E-state index contributed by atoms with van der Waals surface area (Å²) in [7, 11) is 3.50. The number of phenols is 1. The molecule has 3 aromatic rings. The summed E-state index contributed by atoms with van der Waals surface area (Å²) in [5.41, 5.74) is 4.28. The third-order valence-electron chi connectivity index (χ3n) is 4.96. The zero-order valence-corrected chi connectivity index (χ0v) is 15.9. The van der Waals surface area contributed by atoms with Gasteiger partial charge in [0.25, 0.3) is 0 Å². The third kappa shape index (κ3) is 3.44. The molecule has 1 aliphatic heterocycles. The van der Waals surface area contributed by atoms with Crippen LogP contribution in [-0.2, 0) is 4.79 Å². The number of fused-ring (bicyclic) bond motifs is 1. The second kappa shape index (κ2) is 7.37. The molecule has 0 bridgehead atoms. The van der Waals surface area contributed by atoms with Gasteiger partial charge in [-0.15, -0.1) is 0 Å². The highest BCUT2D eigenvalue weighted by Crippen LogP contribution is 2.29. The molecule has 1 saturated heterocycles. The number of aromatic nitrogens is 1. The van der Waals surface area contributed by atoms with Crippen LogP contribution >= 0.6 is 0 Å². The summed E-state index contributed by atoms with van der Waals surface area (Å²) in [5.74, 6) is 0.510. The number of para-hydroxylation sites is 1. The van der Waals surface area contributed by atoms with Crippen molar-refractivity contribution < 1.29 is 14.6 Å². The first-order chi connectivity index (χ1) is 13.5. The van der Waals surface area contributed by atoms with E-state index in [2.05, 4.69) is 9.88 Å². The number of Topliss-reactive ketones (excluding diaryl/α,β-unsaturated/α-hetero) is 1. The van der Waals surface area contributed by atoms with E-state index in [0.717, 1.165) is 27.6 Å². The minimum atomic E-state index is 0.0405. The second-order valence-corrected chi connectivity index (χ2v) is 7.06. The first kappa shape index (κ1) is 18.1. The molecule has 5 nitrogen and oxygen atoms in total. The molecule has 4 rings (SSSR count). The van der Waals surface area contributed by atoms with Crippen molar-refractivity contribution >= 4 is 28.8 Å². The summed E-state index contributed by atoms with van der Waals surface area (Å²) in [6.07, 6.45) is 5.74. The lowest BCUT2D eigenvalue weighted by Gasteiger charge is -2.26. The highest BCUT2D eigenvalue weighted by Gasteiger charge is 2.24. The number of rotatable bonds is 3. The van der Waals surface area contributed by atoms with Crippen molar-refractivity contribution in [2.24, 2.45) is 0 Å². The highest BCUT2D eigenvalue weighted by atomic mass is 16.5. The van der Waals surface area contributed by atoms with Gasteiger partial charge in [0, 0.05) is 46.9 Å². The number of piperidine rings is 1. The number of carbonyl (C=O) groups is 1. The summed E-state index contributed by atoms with van der Waals surface area (Å²) < 4.78 is 5.08. The number of ether oxygens (including phenoxy) is 1. The predicted molar refractivity (Wildman–Crippen MR) is 111 cm³/mol. The molecule has 2 N–H and O–H groups in total. The van der Waals surface area contributed by atoms with Crippen LogP contribution < -0.4 is 4.74 Å². The molecule has 0 aliphatic carbocycles. The number of H-pyrrole nitrogens is 1. The van der Waals surface area contributed by atoms with Gasteiger partial charge < -0.3 is 14.8 Å². The minimum Gasteiger partial charge on any atom is -0.504 e. The largest absolute Gasteiger partial charge is 0.504 e. The predicted octanol–water partition coefficient (Wildman–Crippen LogP) is 3.86. The summed E-state index contributed by atoms with van der Waals surface area (Å²) in [6.45, 7) is 1.17. The Morgan fingerprint density at radius 2 is 1.86 bits per heavy atom. The summed E-state index contributed by atoms with van der Waals surface area (Å²) in [5, 5.41) is 11.1. The van der Waals surface area contributed by atoms with Crippen LogP contribution in [0.4, 0.5) is 0 Å². The second-order valence-electron chi connectivity index (χ2n) is 7.06. The molecular formula is C23H22N2O3. The number of nitrogens with one attached hydrogen (secondary N) is 1. The molecule has 2 aromatic carbocycles. The van der Waals surface area contributed by atoms with Crippen molar-refractivity contribution in [2.75, 3.05) is 27.2 Å². The normalized spacial score (nSPS) is 18.3. The van der Waals surface area contributed by atoms with Crippen LogP contribution in [-0.4, -0.2) is 48.0 Å². The van der Waals surface area contributed by atoms with Gasteiger partial charge in [0.05, 0.1) is 7.11 Å². The van der Waals surface area contributed by atoms with E-state index in [-0.39, 0.29) is 11.5 Å². The molecule has 1 aliphatic rings. The number of ketones is 1. The van der Waals surface area contributed by atoms with E-state index in [0.29, 0.717) is 24.4 Å². The van der Waals surface area contributed by atoms with Crippen LogP contribution in [0.5, 0.6) is 11.5 Å². The molecule has 0 saturated carbocycles. The van der Waals surface area contributed by atoms with E-state index in [1.807, 2.05) is 55.7 Å². The lowest BCUT2D eigenvalue weighted by molar-refractivity contribution is -0.113. The van der Waals surface area contributed by atoms with Crippen molar-refractivity contribution in [2.45, 2.75) is 0 Å². The fraction of sp³-hybridized carbons (Fsp3) is 0.174. The topological polar surface area (TPSA) is 65.6 Å². The van der Waals surface area contributed by atoms with Gasteiger partial charge in [-0.25, -0.2) is 0 Å². The molecular weight excluding hydrogens is 352 g/mol. The van der Waals surface area contributed by atoms with Gasteiger partial charge >= 0.3 is 0 Å². The zero-order valence-electron chi connectivity index (χ0n) is 15.9. The molecule has 2 heterocycles. The van der Waals surface area contributed by atoms with Crippen LogP contribution in [0.2, 0.25) is 0 Å². The fourth-order valence-electron chi connectivity index (χ4n) is 3.61. The van der Waals surface area contributed by atoms with Crippen LogP contribution in [0.1, 0.15) is 11.1 Å². The van der Waals surface area contributed by atoms with Gasteiger partial charge in [-0.05, 0) is 43.0 Å². The number of phenolic OH excluding ortho intramolecular Hbond substituents is 1. The van der Waals surface area contributed by atoms with E-state index in [1.165, 1.54) is 7.11 Å². The van der Waals surface area contributed by atoms with Crippen molar-refractivity contribution in [1.29, 1.82) is 0 Å². The van der Waals surface area contributed by atoms with Gasteiger partial charge in [-0.1, -0.05) is 24.3 Å². The van der Waals surface area contributed by atoms with Crippen LogP contribution in [0, 0.1) is 0 Å². The minimum absolute atomic E-state index is 0.0405. The van der Waals surface area contributed by atoms with Crippen molar-refractivity contribution in [1.82, 2.24) is 9.88 Å². The molecule has 0 spiro atoms. The van der Waals surface area contributed by atoms with Crippen LogP contribution in [0.25, 0.3) is 23.1 Å². The van der Waals surface area contributed by atoms with Gasteiger partial charge in [0.15, 0.2) is 17.3 Å². The Labute approximate surface area is 163 Å². The zero-order chi connectivity index (χ0) is 19.7. The number of likely N-dealkylation sites (N-methyl/N-ethyl adjacent to an activating group) is 1. The van der Waals surface area contributed by atoms with E-state index >= 15 is 0 Å². The maximum Gasteiger partial charge on any atom is 0.187 e. The van der Waals surface area contributed by atoms with E-state index < -0.39 is 0 Å². The maximum absolute atomic E-state index is 13.1. The molecule has 0 atom stereocenters. The fourth-order valence-corrected chi connectivity index (χ4v) is 3.61. The van der Waals surface area contributed by atoms with Crippen LogP contribution in [0.15, 0.2) is 59.8 Å². The third-order valence-corrected chi connectivity index (χ3v) is 4.96. The van der Waals surface area contributed by atoms with Crippen molar-refractivity contribution in [3.05, 3.63) is 70.9 Å². The SMILES string of the molecule is COc1ccc(/C=C2\CN(C)C/C(=C\c3c[nH]c4ccccc34)C2=O)cc1O. The smallest absolute Gasteiger partial charge is 0.187 e. The Kier molecular flexibility index (Phi) is 4.75. The number of methoxy groups -OCH3 is 1. The molecule has 1 fully saturated rings. The Balaban J connectivity index is 1.69. The molecule has 0 amide bonds. The lowest BCUT2D eigenvalue weighted by atomic mass is 9.94. The summed E-state index contributed by atoms with van der Waals surface area (Å²) in [6, 6.07) is 13.2. The number of nitrogens with zero attached hydrogens (tertiary/aromatic N) is 1. The highest BCUT2D eigenvalue weighted by molar-refractivity contribution is 6.15. The van der Waals surface area contributed by atoms with Crippen molar-refractivity contribution in [3.63, 3.8) is 0 Å². The number of hydrogen-bond donors (Lipinski definition) is 2. The molecule has 0 radical (unpaired) electrons. The number of aromatic hydroxyl groups is 1. The number of carbonyl (C=O) groups excluding carboxylic acids is 1. The number of hydrogen-bond acceptors (Lipinski definition) is 4. The van der Waals surface area contributed by atoms with Crippen LogP contribution in [0.3, 0.4) is 0 Å². The Hall–Kier alpha value is -3.31. The quantitative estimate of drug-likeness (QED) is 0.683. The first-order valence-electron chi connectivity index (χ1n) is 9.12.